The second-order valence-corrected chi connectivity index (χ2v) is 4.75. The SMILES string of the molecule is Cc1nc(NCCO)c2c(n1)-c1ccccc1CC2. The lowest BCUT2D eigenvalue weighted by atomic mass is 9.89. The van der Waals surface area contributed by atoms with E-state index in [1.54, 1.807) is 0 Å². The molecule has 4 nitrogen and oxygen atoms in total. The molecule has 0 amide bonds. The van der Waals surface area contributed by atoms with Crippen LogP contribution in [-0.2, 0) is 12.8 Å². The van der Waals surface area contributed by atoms with E-state index in [9.17, 15) is 0 Å². The van der Waals surface area contributed by atoms with E-state index in [0.717, 1.165) is 35.7 Å². The van der Waals surface area contributed by atoms with Crippen molar-refractivity contribution in [1.29, 1.82) is 0 Å². The average Bonchev–Trinajstić information content (AvgIpc) is 2.44. The first-order chi connectivity index (χ1) is 9.29. The lowest BCUT2D eigenvalue weighted by Crippen LogP contribution is -2.15. The van der Waals surface area contributed by atoms with Crippen LogP contribution in [0.1, 0.15) is 17.0 Å². The molecular formula is C15H17N3O. The van der Waals surface area contributed by atoms with Crippen molar-refractivity contribution in [2.24, 2.45) is 0 Å². The number of nitrogens with one attached hydrogen (secondary N) is 1. The quantitative estimate of drug-likeness (QED) is 0.880. The van der Waals surface area contributed by atoms with Crippen molar-refractivity contribution in [3.63, 3.8) is 0 Å². The van der Waals surface area contributed by atoms with Crippen molar-refractivity contribution in [1.82, 2.24) is 9.97 Å². The number of rotatable bonds is 3. The van der Waals surface area contributed by atoms with Crippen molar-refractivity contribution in [2.75, 3.05) is 18.5 Å². The molecule has 0 fully saturated rings. The van der Waals surface area contributed by atoms with Crippen LogP contribution >= 0.6 is 0 Å². The molecule has 0 atom stereocenters. The van der Waals surface area contributed by atoms with Gasteiger partial charge in [0.1, 0.15) is 11.6 Å². The van der Waals surface area contributed by atoms with Crippen LogP contribution in [-0.4, -0.2) is 28.2 Å². The molecular weight excluding hydrogens is 238 g/mol. The summed E-state index contributed by atoms with van der Waals surface area (Å²) in [6, 6.07) is 8.40. The van der Waals surface area contributed by atoms with E-state index in [0.29, 0.717) is 6.54 Å². The molecule has 2 N–H and O–H groups in total. The summed E-state index contributed by atoms with van der Waals surface area (Å²) in [4.78, 5) is 9.07. The Hall–Kier alpha value is -1.94. The number of nitrogens with zero attached hydrogens (tertiary/aromatic N) is 2. The van der Waals surface area contributed by atoms with Crippen LogP contribution in [0.2, 0.25) is 0 Å². The standard InChI is InChI=1S/C15H17N3O/c1-10-17-14-12-5-3-2-4-11(12)6-7-13(14)15(18-10)16-8-9-19/h2-5,19H,6-9H2,1H3,(H,16,17,18). The Labute approximate surface area is 112 Å². The second-order valence-electron chi connectivity index (χ2n) is 4.75. The first-order valence-corrected chi connectivity index (χ1v) is 6.60. The molecule has 3 rings (SSSR count). The normalized spacial score (nSPS) is 12.7. The number of anilines is 1. The van der Waals surface area contributed by atoms with E-state index in [1.165, 1.54) is 11.1 Å². The Morgan fingerprint density at radius 3 is 2.89 bits per heavy atom. The van der Waals surface area contributed by atoms with Crippen LogP contribution in [0.15, 0.2) is 24.3 Å². The van der Waals surface area contributed by atoms with Gasteiger partial charge in [0.15, 0.2) is 0 Å². The highest BCUT2D eigenvalue weighted by molar-refractivity contribution is 5.73. The van der Waals surface area contributed by atoms with E-state index < -0.39 is 0 Å². The number of hydrogen-bond acceptors (Lipinski definition) is 4. The molecule has 1 aliphatic carbocycles. The van der Waals surface area contributed by atoms with Gasteiger partial charge in [-0.2, -0.15) is 0 Å². The zero-order valence-electron chi connectivity index (χ0n) is 11.0. The minimum Gasteiger partial charge on any atom is -0.395 e. The van der Waals surface area contributed by atoms with Crippen LogP contribution < -0.4 is 5.32 Å². The molecule has 0 saturated heterocycles. The van der Waals surface area contributed by atoms with E-state index in [2.05, 4.69) is 33.5 Å². The summed E-state index contributed by atoms with van der Waals surface area (Å²) in [5.74, 6) is 1.63. The zero-order chi connectivity index (χ0) is 13.2. The Bertz CT molecular complexity index is 610. The fourth-order valence-electron chi connectivity index (χ4n) is 2.60. The maximum atomic E-state index is 8.95. The van der Waals surface area contributed by atoms with Gasteiger partial charge in [0.05, 0.1) is 12.3 Å². The number of aliphatic hydroxyl groups excluding tert-OH is 1. The summed E-state index contributed by atoms with van der Waals surface area (Å²) < 4.78 is 0. The average molecular weight is 255 g/mol. The fourth-order valence-corrected chi connectivity index (χ4v) is 2.60. The van der Waals surface area contributed by atoms with Crippen molar-refractivity contribution in [3.05, 3.63) is 41.2 Å². The van der Waals surface area contributed by atoms with Crippen molar-refractivity contribution in [3.8, 4) is 11.3 Å². The maximum Gasteiger partial charge on any atom is 0.133 e. The predicted molar refractivity (Wildman–Crippen MR) is 75.2 cm³/mol. The smallest absolute Gasteiger partial charge is 0.133 e. The Morgan fingerprint density at radius 2 is 2.05 bits per heavy atom. The van der Waals surface area contributed by atoms with Crippen molar-refractivity contribution in [2.45, 2.75) is 19.8 Å². The zero-order valence-corrected chi connectivity index (χ0v) is 11.0. The van der Waals surface area contributed by atoms with Gasteiger partial charge in [0, 0.05) is 17.7 Å². The van der Waals surface area contributed by atoms with Gasteiger partial charge in [-0.05, 0) is 25.3 Å². The van der Waals surface area contributed by atoms with Crippen LogP contribution in [0, 0.1) is 6.92 Å². The molecule has 4 heteroatoms. The summed E-state index contributed by atoms with van der Waals surface area (Å²) in [7, 11) is 0. The number of aromatic nitrogens is 2. The highest BCUT2D eigenvalue weighted by atomic mass is 16.3. The Balaban J connectivity index is 2.12. The predicted octanol–water partition coefficient (Wildman–Crippen LogP) is 1.95. The summed E-state index contributed by atoms with van der Waals surface area (Å²) in [6.07, 6.45) is 1.96. The molecule has 1 aromatic heterocycles. The lowest BCUT2D eigenvalue weighted by Gasteiger charge is -2.21. The fraction of sp³-hybridized carbons (Fsp3) is 0.333. The monoisotopic (exact) mass is 255 g/mol. The third kappa shape index (κ3) is 2.19. The molecule has 1 heterocycles. The molecule has 0 unspecified atom stereocenters. The third-order valence-corrected chi connectivity index (χ3v) is 3.44. The number of aryl methyl sites for hydroxylation is 2. The van der Waals surface area contributed by atoms with E-state index in [1.807, 2.05) is 13.0 Å². The minimum absolute atomic E-state index is 0.106. The van der Waals surface area contributed by atoms with Crippen LogP contribution in [0.5, 0.6) is 0 Å². The van der Waals surface area contributed by atoms with Gasteiger partial charge in [0.25, 0.3) is 0 Å². The maximum absolute atomic E-state index is 8.95. The first-order valence-electron chi connectivity index (χ1n) is 6.60. The third-order valence-electron chi connectivity index (χ3n) is 3.44. The van der Waals surface area contributed by atoms with E-state index in [4.69, 9.17) is 5.11 Å². The Kier molecular flexibility index (Phi) is 3.17. The summed E-state index contributed by atoms with van der Waals surface area (Å²) in [5, 5.41) is 12.1. The van der Waals surface area contributed by atoms with Crippen LogP contribution in [0.4, 0.5) is 5.82 Å². The van der Waals surface area contributed by atoms with Crippen LogP contribution in [0.25, 0.3) is 11.3 Å². The van der Waals surface area contributed by atoms with Gasteiger partial charge in [0.2, 0.25) is 0 Å². The molecule has 1 aliphatic rings. The van der Waals surface area contributed by atoms with E-state index >= 15 is 0 Å². The number of aliphatic hydroxyl groups is 1. The molecule has 2 aromatic rings. The largest absolute Gasteiger partial charge is 0.395 e. The summed E-state index contributed by atoms with van der Waals surface area (Å²) >= 11 is 0. The Morgan fingerprint density at radius 1 is 1.21 bits per heavy atom. The topological polar surface area (TPSA) is 58.0 Å². The summed E-state index contributed by atoms with van der Waals surface area (Å²) in [5.41, 5.74) is 4.76. The highest BCUT2D eigenvalue weighted by Crippen LogP contribution is 2.34. The van der Waals surface area contributed by atoms with Crippen molar-refractivity contribution < 1.29 is 5.11 Å². The lowest BCUT2D eigenvalue weighted by molar-refractivity contribution is 0.311. The van der Waals surface area contributed by atoms with Gasteiger partial charge in [-0.25, -0.2) is 9.97 Å². The molecule has 0 saturated carbocycles. The molecule has 0 bridgehead atoms. The second kappa shape index (κ2) is 4.97. The van der Waals surface area contributed by atoms with Gasteiger partial charge >= 0.3 is 0 Å². The van der Waals surface area contributed by atoms with Gasteiger partial charge < -0.3 is 10.4 Å². The number of benzene rings is 1. The first kappa shape index (κ1) is 12.1. The molecule has 19 heavy (non-hydrogen) atoms. The van der Waals surface area contributed by atoms with Gasteiger partial charge in [-0.15, -0.1) is 0 Å². The van der Waals surface area contributed by atoms with Crippen LogP contribution in [0.3, 0.4) is 0 Å². The molecule has 0 radical (unpaired) electrons. The van der Waals surface area contributed by atoms with Crippen molar-refractivity contribution >= 4 is 5.82 Å². The van der Waals surface area contributed by atoms with E-state index in [-0.39, 0.29) is 6.61 Å². The van der Waals surface area contributed by atoms with Gasteiger partial charge in [-0.1, -0.05) is 24.3 Å². The molecule has 0 aliphatic heterocycles. The number of hydrogen-bond donors (Lipinski definition) is 2. The molecule has 0 spiro atoms. The number of fused-ring (bicyclic) bond motifs is 3. The minimum atomic E-state index is 0.106. The summed E-state index contributed by atoms with van der Waals surface area (Å²) in [6.45, 7) is 2.53. The van der Waals surface area contributed by atoms with Gasteiger partial charge in [-0.3, -0.25) is 0 Å². The molecule has 98 valence electrons. The molecule has 1 aromatic carbocycles. The highest BCUT2D eigenvalue weighted by Gasteiger charge is 2.21.